The second-order valence-corrected chi connectivity index (χ2v) is 3.67. The molecule has 0 fully saturated rings. The second-order valence-electron chi connectivity index (χ2n) is 3.67. The molecule has 0 unspecified atom stereocenters. The molecule has 5 heteroatoms. The molecule has 1 aromatic heterocycles. The Labute approximate surface area is 84.7 Å². The first-order valence-electron chi connectivity index (χ1n) is 4.80. The summed E-state index contributed by atoms with van der Waals surface area (Å²) < 4.78 is 0. The van der Waals surface area contributed by atoms with Gasteiger partial charge in [-0.15, -0.1) is 0 Å². The van der Waals surface area contributed by atoms with E-state index in [9.17, 15) is 0 Å². The van der Waals surface area contributed by atoms with Gasteiger partial charge in [-0.2, -0.15) is 0 Å². The number of nitrogen functional groups attached to an aromatic ring is 1. The molecule has 0 spiro atoms. The van der Waals surface area contributed by atoms with Crippen LogP contribution in [0.3, 0.4) is 0 Å². The summed E-state index contributed by atoms with van der Waals surface area (Å²) in [6, 6.07) is 0. The van der Waals surface area contributed by atoms with Gasteiger partial charge in [0.05, 0.1) is 0 Å². The van der Waals surface area contributed by atoms with Crippen molar-refractivity contribution >= 4 is 11.6 Å². The molecular formula is C9H19N5. The Kier molecular flexibility index (Phi) is 3.76. The van der Waals surface area contributed by atoms with Crippen LogP contribution in [0.15, 0.2) is 0 Å². The third kappa shape index (κ3) is 3.26. The zero-order valence-corrected chi connectivity index (χ0v) is 9.09. The summed E-state index contributed by atoms with van der Waals surface area (Å²) in [6.45, 7) is 3.85. The smallest absolute Gasteiger partial charge is 0.168 e. The van der Waals surface area contributed by atoms with E-state index in [0.29, 0.717) is 5.82 Å². The number of anilines is 2. The SMILES string of the molecule is Cc1nc(NCCCN(C)C)c(N)[nH]1. The third-order valence-electron chi connectivity index (χ3n) is 1.92. The number of rotatable bonds is 5. The fourth-order valence-electron chi connectivity index (χ4n) is 1.25. The summed E-state index contributed by atoms with van der Waals surface area (Å²) in [4.78, 5) is 9.33. The first-order valence-corrected chi connectivity index (χ1v) is 4.80. The predicted molar refractivity (Wildman–Crippen MR) is 59.4 cm³/mol. The highest BCUT2D eigenvalue weighted by molar-refractivity contribution is 5.56. The van der Waals surface area contributed by atoms with Gasteiger partial charge in [-0.3, -0.25) is 0 Å². The molecule has 0 aliphatic rings. The van der Waals surface area contributed by atoms with Crippen LogP contribution < -0.4 is 11.1 Å². The summed E-state index contributed by atoms with van der Waals surface area (Å²) in [5, 5.41) is 3.20. The van der Waals surface area contributed by atoms with E-state index in [4.69, 9.17) is 5.73 Å². The number of hydrogen-bond donors (Lipinski definition) is 3. The Balaban J connectivity index is 2.28. The summed E-state index contributed by atoms with van der Waals surface area (Å²) >= 11 is 0. The Morgan fingerprint density at radius 1 is 1.50 bits per heavy atom. The van der Waals surface area contributed by atoms with E-state index in [1.165, 1.54) is 0 Å². The lowest BCUT2D eigenvalue weighted by atomic mass is 10.4. The minimum absolute atomic E-state index is 0.618. The predicted octanol–water partition coefficient (Wildman–Crippen LogP) is 0.664. The van der Waals surface area contributed by atoms with Crippen LogP contribution in [0.5, 0.6) is 0 Å². The number of H-pyrrole nitrogens is 1. The number of hydrogen-bond acceptors (Lipinski definition) is 4. The maximum Gasteiger partial charge on any atom is 0.168 e. The molecule has 0 aliphatic carbocycles. The molecule has 0 bridgehead atoms. The van der Waals surface area contributed by atoms with Crippen molar-refractivity contribution < 1.29 is 0 Å². The van der Waals surface area contributed by atoms with Crippen LogP contribution in [0.1, 0.15) is 12.2 Å². The number of aromatic nitrogens is 2. The molecule has 0 radical (unpaired) electrons. The molecule has 1 rings (SSSR count). The lowest BCUT2D eigenvalue weighted by Gasteiger charge is -2.09. The molecule has 4 N–H and O–H groups in total. The minimum atomic E-state index is 0.618. The number of aromatic amines is 1. The van der Waals surface area contributed by atoms with Crippen LogP contribution in [0, 0.1) is 6.92 Å². The van der Waals surface area contributed by atoms with Gasteiger partial charge in [0.15, 0.2) is 5.82 Å². The number of aryl methyl sites for hydroxylation is 1. The van der Waals surface area contributed by atoms with E-state index >= 15 is 0 Å². The van der Waals surface area contributed by atoms with Crippen molar-refractivity contribution in [2.45, 2.75) is 13.3 Å². The maximum atomic E-state index is 5.69. The molecule has 0 atom stereocenters. The fraction of sp³-hybridized carbons (Fsp3) is 0.667. The van der Waals surface area contributed by atoms with Gasteiger partial charge in [-0.1, -0.05) is 0 Å². The normalized spacial score (nSPS) is 10.9. The van der Waals surface area contributed by atoms with E-state index in [0.717, 1.165) is 31.2 Å². The van der Waals surface area contributed by atoms with Crippen LogP contribution in [-0.4, -0.2) is 42.1 Å². The van der Waals surface area contributed by atoms with Gasteiger partial charge in [0, 0.05) is 6.54 Å². The number of nitrogens with two attached hydrogens (primary N) is 1. The van der Waals surface area contributed by atoms with E-state index in [1.807, 2.05) is 6.92 Å². The summed E-state index contributed by atoms with van der Waals surface area (Å²) in [5.74, 6) is 2.23. The van der Waals surface area contributed by atoms with Crippen LogP contribution in [0.4, 0.5) is 11.6 Å². The molecule has 14 heavy (non-hydrogen) atoms. The van der Waals surface area contributed by atoms with E-state index in [-0.39, 0.29) is 0 Å². The Bertz CT molecular complexity index is 279. The van der Waals surface area contributed by atoms with Crippen LogP contribution in [0.2, 0.25) is 0 Å². The Hall–Kier alpha value is -1.23. The number of nitrogens with one attached hydrogen (secondary N) is 2. The molecule has 80 valence electrons. The summed E-state index contributed by atoms with van der Waals surface area (Å²) in [7, 11) is 4.13. The van der Waals surface area contributed by atoms with Crippen molar-refractivity contribution in [2.24, 2.45) is 0 Å². The van der Waals surface area contributed by atoms with Crippen molar-refractivity contribution in [3.05, 3.63) is 5.82 Å². The highest BCUT2D eigenvalue weighted by Gasteiger charge is 2.02. The van der Waals surface area contributed by atoms with Gasteiger partial charge in [0.25, 0.3) is 0 Å². The number of imidazole rings is 1. The molecule has 0 saturated carbocycles. The highest BCUT2D eigenvalue weighted by atomic mass is 15.1. The van der Waals surface area contributed by atoms with Gasteiger partial charge < -0.3 is 20.9 Å². The first-order chi connectivity index (χ1) is 6.59. The average molecular weight is 197 g/mol. The van der Waals surface area contributed by atoms with Crippen LogP contribution in [-0.2, 0) is 0 Å². The topological polar surface area (TPSA) is 70.0 Å². The molecule has 0 saturated heterocycles. The lowest BCUT2D eigenvalue weighted by molar-refractivity contribution is 0.405. The standard InChI is InChI=1S/C9H19N5/c1-7-12-8(10)9(13-7)11-5-4-6-14(2)3/h11H,4-6,10H2,1-3H3,(H,12,13). The molecule has 0 aromatic carbocycles. The van der Waals surface area contributed by atoms with Crippen molar-refractivity contribution in [1.29, 1.82) is 0 Å². The van der Waals surface area contributed by atoms with E-state index in [1.54, 1.807) is 0 Å². The van der Waals surface area contributed by atoms with E-state index < -0.39 is 0 Å². The van der Waals surface area contributed by atoms with Crippen molar-refractivity contribution in [3.63, 3.8) is 0 Å². The Morgan fingerprint density at radius 3 is 2.71 bits per heavy atom. The lowest BCUT2D eigenvalue weighted by Crippen LogP contribution is -2.16. The molecular weight excluding hydrogens is 178 g/mol. The summed E-state index contributed by atoms with van der Waals surface area (Å²) in [5.41, 5.74) is 5.69. The first kappa shape index (κ1) is 10.8. The maximum absolute atomic E-state index is 5.69. The fourth-order valence-corrected chi connectivity index (χ4v) is 1.25. The van der Waals surface area contributed by atoms with Gasteiger partial charge in [-0.25, -0.2) is 4.98 Å². The third-order valence-corrected chi connectivity index (χ3v) is 1.92. The average Bonchev–Trinajstić information content (AvgIpc) is 2.39. The minimum Gasteiger partial charge on any atom is -0.382 e. The van der Waals surface area contributed by atoms with Crippen molar-refractivity contribution in [3.8, 4) is 0 Å². The molecule has 0 amide bonds. The van der Waals surface area contributed by atoms with Gasteiger partial charge in [0.1, 0.15) is 11.6 Å². The molecule has 5 nitrogen and oxygen atoms in total. The van der Waals surface area contributed by atoms with Gasteiger partial charge >= 0.3 is 0 Å². The van der Waals surface area contributed by atoms with Gasteiger partial charge in [-0.05, 0) is 34.0 Å². The van der Waals surface area contributed by atoms with Crippen LogP contribution >= 0.6 is 0 Å². The highest BCUT2D eigenvalue weighted by Crippen LogP contribution is 2.13. The second kappa shape index (κ2) is 4.85. The van der Waals surface area contributed by atoms with Gasteiger partial charge in [0.2, 0.25) is 0 Å². The quantitative estimate of drug-likeness (QED) is 0.607. The molecule has 0 aliphatic heterocycles. The zero-order valence-electron chi connectivity index (χ0n) is 9.09. The number of nitrogens with zero attached hydrogens (tertiary/aromatic N) is 2. The van der Waals surface area contributed by atoms with E-state index in [2.05, 4.69) is 34.3 Å². The summed E-state index contributed by atoms with van der Waals surface area (Å²) in [6.07, 6.45) is 1.08. The monoisotopic (exact) mass is 197 g/mol. The largest absolute Gasteiger partial charge is 0.382 e. The molecule has 1 heterocycles. The van der Waals surface area contributed by atoms with Crippen LogP contribution in [0.25, 0.3) is 0 Å². The van der Waals surface area contributed by atoms with Crippen molar-refractivity contribution in [1.82, 2.24) is 14.9 Å². The Morgan fingerprint density at radius 2 is 2.21 bits per heavy atom. The zero-order chi connectivity index (χ0) is 10.6. The van der Waals surface area contributed by atoms with Crippen molar-refractivity contribution in [2.75, 3.05) is 38.2 Å². The molecule has 1 aromatic rings.